The summed E-state index contributed by atoms with van der Waals surface area (Å²) in [5.74, 6) is 0.314. The fraction of sp³-hybridized carbons (Fsp3) is 0.273. The van der Waals surface area contributed by atoms with Crippen molar-refractivity contribution in [1.82, 2.24) is 4.98 Å². The summed E-state index contributed by atoms with van der Waals surface area (Å²) >= 11 is 1.36. The topological polar surface area (TPSA) is 85.6 Å². The van der Waals surface area contributed by atoms with Crippen molar-refractivity contribution in [3.8, 4) is 5.75 Å². The van der Waals surface area contributed by atoms with Crippen LogP contribution in [-0.4, -0.2) is 15.8 Å². The van der Waals surface area contributed by atoms with E-state index in [0.29, 0.717) is 22.1 Å². The van der Waals surface area contributed by atoms with E-state index in [4.69, 9.17) is 4.74 Å². The molecule has 1 heterocycles. The van der Waals surface area contributed by atoms with Crippen LogP contribution in [-0.2, 0) is 11.4 Å². The molecule has 2 aromatic carbocycles. The number of aromatic nitrogens is 1. The summed E-state index contributed by atoms with van der Waals surface area (Å²) in [6.07, 6.45) is 0. The molecule has 30 heavy (non-hydrogen) atoms. The van der Waals surface area contributed by atoms with Gasteiger partial charge in [-0.25, -0.2) is 4.98 Å². The number of nitro benzene ring substituents is 1. The number of carbonyl (C=O) groups is 1. The summed E-state index contributed by atoms with van der Waals surface area (Å²) in [4.78, 5) is 29.3. The normalized spacial score (nSPS) is 10.7. The van der Waals surface area contributed by atoms with Crippen molar-refractivity contribution >= 4 is 33.8 Å². The quantitative estimate of drug-likeness (QED) is 0.382. The van der Waals surface area contributed by atoms with Gasteiger partial charge >= 0.3 is 0 Å². The summed E-state index contributed by atoms with van der Waals surface area (Å²) in [6, 6.07) is 8.81. The average molecular weight is 426 g/mol. The molecule has 7 nitrogen and oxygen atoms in total. The molecule has 0 fully saturated rings. The maximum Gasteiger partial charge on any atom is 0.276 e. The Bertz CT molecular complexity index is 1100. The maximum atomic E-state index is 12.5. The number of hydrogen-bond acceptors (Lipinski definition) is 6. The Kier molecular flexibility index (Phi) is 6.17. The summed E-state index contributed by atoms with van der Waals surface area (Å²) in [6.45, 7) is 9.30. The number of aryl methyl sites for hydroxylation is 3. The van der Waals surface area contributed by atoms with Crippen molar-refractivity contribution in [2.45, 2.75) is 41.2 Å². The van der Waals surface area contributed by atoms with E-state index in [2.05, 4.69) is 4.98 Å². The molecule has 0 aliphatic heterocycles. The molecule has 8 heteroatoms. The molecule has 3 rings (SSSR count). The number of carbonyl (C=O) groups excluding carboxylic acids is 1. The van der Waals surface area contributed by atoms with Gasteiger partial charge in [0.05, 0.1) is 21.9 Å². The van der Waals surface area contributed by atoms with Crippen LogP contribution in [0.2, 0.25) is 0 Å². The van der Waals surface area contributed by atoms with Crippen molar-refractivity contribution in [1.29, 1.82) is 0 Å². The molecule has 1 aromatic heterocycles. The third-order valence-corrected chi connectivity index (χ3v) is 5.61. The number of thiazole rings is 1. The van der Waals surface area contributed by atoms with Crippen LogP contribution in [0.3, 0.4) is 0 Å². The minimum absolute atomic E-state index is 0.0135. The lowest BCUT2D eigenvalue weighted by molar-refractivity contribution is -0.385. The Hall–Kier alpha value is -3.26. The summed E-state index contributed by atoms with van der Waals surface area (Å²) < 4.78 is 5.77. The van der Waals surface area contributed by atoms with E-state index in [9.17, 15) is 14.9 Å². The number of amides is 1. The second-order valence-corrected chi connectivity index (χ2v) is 8.01. The highest BCUT2D eigenvalue weighted by molar-refractivity contribution is 7.14. The molecule has 156 valence electrons. The number of hydrogen-bond donors (Lipinski definition) is 0. The second kappa shape index (κ2) is 8.62. The first-order valence-electron chi connectivity index (χ1n) is 9.38. The van der Waals surface area contributed by atoms with Gasteiger partial charge in [0.25, 0.3) is 5.69 Å². The third-order valence-electron chi connectivity index (χ3n) is 4.73. The zero-order valence-corrected chi connectivity index (χ0v) is 18.4. The van der Waals surface area contributed by atoms with Gasteiger partial charge in [-0.1, -0.05) is 23.8 Å². The first-order valence-corrected chi connectivity index (χ1v) is 10.3. The number of rotatable bonds is 6. The molecule has 0 bridgehead atoms. The molecule has 0 unspecified atom stereocenters. The highest BCUT2D eigenvalue weighted by Gasteiger charge is 2.22. The minimum Gasteiger partial charge on any atom is -0.487 e. The average Bonchev–Trinajstić information content (AvgIpc) is 3.11. The van der Waals surface area contributed by atoms with Gasteiger partial charge in [0.15, 0.2) is 5.13 Å². The van der Waals surface area contributed by atoms with Crippen LogP contribution in [0.4, 0.5) is 16.5 Å². The zero-order valence-electron chi connectivity index (χ0n) is 17.6. The minimum atomic E-state index is -0.430. The van der Waals surface area contributed by atoms with Gasteiger partial charge in [0.2, 0.25) is 5.91 Å². The maximum absolute atomic E-state index is 12.5. The summed E-state index contributed by atoms with van der Waals surface area (Å²) in [5.41, 5.74) is 5.11. The molecule has 3 aromatic rings. The number of anilines is 2. The largest absolute Gasteiger partial charge is 0.487 e. The molecule has 0 saturated heterocycles. The number of ether oxygens (including phenoxy) is 1. The molecule has 1 amide bonds. The smallest absolute Gasteiger partial charge is 0.276 e. The standard InChI is InChI=1S/C22H23N3O4S/c1-13-9-14(2)21(15(3)10-13)24(17(5)26)22-23-18(12-30-22)11-29-20-8-6-7-19(16(20)4)25(27)28/h6-10,12H,11H2,1-5H3. The lowest BCUT2D eigenvalue weighted by Crippen LogP contribution is -2.24. The van der Waals surface area contributed by atoms with E-state index >= 15 is 0 Å². The van der Waals surface area contributed by atoms with Gasteiger partial charge in [-0.05, 0) is 44.9 Å². The van der Waals surface area contributed by atoms with Crippen LogP contribution >= 0.6 is 11.3 Å². The highest BCUT2D eigenvalue weighted by Crippen LogP contribution is 2.35. The lowest BCUT2D eigenvalue weighted by atomic mass is 10.0. The Morgan fingerprint density at radius 1 is 1.20 bits per heavy atom. The molecule has 0 spiro atoms. The van der Waals surface area contributed by atoms with Crippen molar-refractivity contribution in [3.63, 3.8) is 0 Å². The van der Waals surface area contributed by atoms with Gasteiger partial charge in [0.1, 0.15) is 12.4 Å². The lowest BCUT2D eigenvalue weighted by Gasteiger charge is -2.23. The van der Waals surface area contributed by atoms with E-state index < -0.39 is 4.92 Å². The van der Waals surface area contributed by atoms with Gasteiger partial charge in [0, 0.05) is 18.4 Å². The first kappa shape index (κ1) is 21.4. The fourth-order valence-electron chi connectivity index (χ4n) is 3.49. The van der Waals surface area contributed by atoms with Crippen LogP contribution in [0.5, 0.6) is 5.75 Å². The molecule has 0 N–H and O–H groups in total. The van der Waals surface area contributed by atoms with Crippen molar-refractivity contribution in [2.75, 3.05) is 4.90 Å². The van der Waals surface area contributed by atoms with Crippen molar-refractivity contribution in [2.24, 2.45) is 0 Å². The first-order chi connectivity index (χ1) is 14.2. The van der Waals surface area contributed by atoms with E-state index in [-0.39, 0.29) is 18.2 Å². The predicted octanol–water partition coefficient (Wildman–Crippen LogP) is 5.55. The number of nitro groups is 1. The Morgan fingerprint density at radius 3 is 2.47 bits per heavy atom. The van der Waals surface area contributed by atoms with Crippen LogP contribution in [0.25, 0.3) is 0 Å². The Labute approximate surface area is 179 Å². The SMILES string of the molecule is CC(=O)N(c1nc(COc2cccc([N+](=O)[O-])c2C)cs1)c1c(C)cc(C)cc1C. The molecule has 0 atom stereocenters. The van der Waals surface area contributed by atoms with Gasteiger partial charge in [-0.3, -0.25) is 19.8 Å². The van der Waals surface area contributed by atoms with E-state index in [1.807, 2.05) is 38.3 Å². The second-order valence-electron chi connectivity index (χ2n) is 7.17. The molecule has 0 radical (unpaired) electrons. The highest BCUT2D eigenvalue weighted by atomic mass is 32.1. The summed E-state index contributed by atoms with van der Waals surface area (Å²) in [7, 11) is 0. The van der Waals surface area contributed by atoms with Crippen LogP contribution in [0.15, 0.2) is 35.7 Å². The molecule has 0 aliphatic carbocycles. The van der Waals surface area contributed by atoms with Crippen LogP contribution in [0, 0.1) is 37.8 Å². The molecule has 0 saturated carbocycles. The Morgan fingerprint density at radius 2 is 1.87 bits per heavy atom. The van der Waals surface area contributed by atoms with Gasteiger partial charge in [-0.2, -0.15) is 0 Å². The van der Waals surface area contributed by atoms with Crippen molar-refractivity contribution in [3.05, 3.63) is 73.8 Å². The molecular weight excluding hydrogens is 402 g/mol. The number of benzene rings is 2. The van der Waals surface area contributed by atoms with Crippen LogP contribution in [0.1, 0.15) is 34.9 Å². The zero-order chi connectivity index (χ0) is 22.0. The van der Waals surface area contributed by atoms with E-state index in [0.717, 1.165) is 22.4 Å². The summed E-state index contributed by atoms with van der Waals surface area (Å²) in [5, 5.41) is 13.5. The van der Waals surface area contributed by atoms with E-state index in [1.165, 1.54) is 24.3 Å². The molecule has 0 aliphatic rings. The van der Waals surface area contributed by atoms with E-state index in [1.54, 1.807) is 24.0 Å². The number of nitrogens with zero attached hydrogens (tertiary/aromatic N) is 3. The van der Waals surface area contributed by atoms with Gasteiger partial charge < -0.3 is 4.74 Å². The van der Waals surface area contributed by atoms with Gasteiger partial charge in [-0.15, -0.1) is 11.3 Å². The van der Waals surface area contributed by atoms with Crippen LogP contribution < -0.4 is 9.64 Å². The Balaban J connectivity index is 1.86. The predicted molar refractivity (Wildman–Crippen MR) is 118 cm³/mol. The van der Waals surface area contributed by atoms with Crippen molar-refractivity contribution < 1.29 is 14.5 Å². The monoisotopic (exact) mass is 425 g/mol. The fourth-order valence-corrected chi connectivity index (χ4v) is 4.34. The third kappa shape index (κ3) is 4.33. The molecular formula is C22H23N3O4S.